The maximum atomic E-state index is 5.83. The lowest BCUT2D eigenvalue weighted by atomic mass is 9.91. The minimum Gasteiger partial charge on any atom is -0.494 e. The summed E-state index contributed by atoms with van der Waals surface area (Å²) in [5.41, 5.74) is 7.65. The molecule has 0 aliphatic heterocycles. The summed E-state index contributed by atoms with van der Waals surface area (Å²) in [6, 6.07) is 14.2. The van der Waals surface area contributed by atoms with E-state index in [1.165, 1.54) is 16.7 Å². The molecule has 0 saturated carbocycles. The van der Waals surface area contributed by atoms with Crippen molar-refractivity contribution < 1.29 is 4.74 Å². The Labute approximate surface area is 120 Å². The molecule has 0 saturated heterocycles. The lowest BCUT2D eigenvalue weighted by Gasteiger charge is -2.23. The van der Waals surface area contributed by atoms with Gasteiger partial charge in [-0.3, -0.25) is 5.84 Å². The molecule has 1 unspecified atom stereocenters. The third kappa shape index (κ3) is 2.84. The van der Waals surface area contributed by atoms with Crippen molar-refractivity contribution in [1.82, 2.24) is 5.43 Å². The lowest BCUT2D eigenvalue weighted by molar-refractivity contribution is 0.333. The molecule has 2 aromatic carbocycles. The van der Waals surface area contributed by atoms with E-state index >= 15 is 0 Å². The number of hydrogen-bond acceptors (Lipinski definition) is 3. The number of aryl methyl sites for hydroxylation is 2. The van der Waals surface area contributed by atoms with Gasteiger partial charge in [-0.25, -0.2) is 5.43 Å². The molecule has 0 aromatic heterocycles. The second kappa shape index (κ2) is 6.55. The Morgan fingerprint density at radius 3 is 2.30 bits per heavy atom. The number of nitrogens with one attached hydrogen (secondary N) is 1. The Kier molecular flexibility index (Phi) is 4.77. The second-order valence-electron chi connectivity index (χ2n) is 4.88. The molecule has 0 amide bonds. The summed E-state index contributed by atoms with van der Waals surface area (Å²) in [5, 5.41) is 0. The van der Waals surface area contributed by atoms with Crippen LogP contribution in [0.4, 0.5) is 0 Å². The molecule has 3 heteroatoms. The van der Waals surface area contributed by atoms with Crippen molar-refractivity contribution in [3.05, 3.63) is 64.7 Å². The van der Waals surface area contributed by atoms with E-state index in [4.69, 9.17) is 10.6 Å². The third-order valence-electron chi connectivity index (χ3n) is 3.53. The highest BCUT2D eigenvalue weighted by atomic mass is 16.5. The zero-order chi connectivity index (χ0) is 14.5. The minimum absolute atomic E-state index is 0.0704. The summed E-state index contributed by atoms with van der Waals surface area (Å²) >= 11 is 0. The first-order valence-electron chi connectivity index (χ1n) is 6.93. The molecule has 3 nitrogen and oxygen atoms in total. The maximum Gasteiger partial charge on any atom is 0.124 e. The number of hydrazine groups is 1. The molecule has 0 aliphatic rings. The van der Waals surface area contributed by atoms with E-state index in [1.54, 1.807) is 0 Å². The fourth-order valence-electron chi connectivity index (χ4n) is 2.62. The topological polar surface area (TPSA) is 47.3 Å². The zero-order valence-corrected chi connectivity index (χ0v) is 12.3. The normalized spacial score (nSPS) is 12.2. The fraction of sp³-hybridized carbons (Fsp3) is 0.294. The summed E-state index contributed by atoms with van der Waals surface area (Å²) in [7, 11) is 0. The van der Waals surface area contributed by atoms with Gasteiger partial charge < -0.3 is 4.74 Å². The summed E-state index contributed by atoms with van der Waals surface area (Å²) in [4.78, 5) is 0. The van der Waals surface area contributed by atoms with Crippen molar-refractivity contribution >= 4 is 0 Å². The molecule has 0 heterocycles. The Morgan fingerprint density at radius 2 is 1.70 bits per heavy atom. The number of benzene rings is 2. The van der Waals surface area contributed by atoms with E-state index < -0.39 is 0 Å². The summed E-state index contributed by atoms with van der Waals surface area (Å²) in [6.07, 6.45) is 0. The van der Waals surface area contributed by atoms with E-state index in [9.17, 15) is 0 Å². The van der Waals surface area contributed by atoms with Crippen molar-refractivity contribution in [3.8, 4) is 5.75 Å². The molecule has 1 atom stereocenters. The third-order valence-corrected chi connectivity index (χ3v) is 3.53. The Hall–Kier alpha value is -1.84. The van der Waals surface area contributed by atoms with Gasteiger partial charge >= 0.3 is 0 Å². The van der Waals surface area contributed by atoms with E-state index in [0.29, 0.717) is 6.61 Å². The highest BCUT2D eigenvalue weighted by Crippen LogP contribution is 2.32. The number of hydrogen-bond donors (Lipinski definition) is 2. The molecule has 0 aliphatic carbocycles. The van der Waals surface area contributed by atoms with Gasteiger partial charge in [-0.05, 0) is 43.5 Å². The van der Waals surface area contributed by atoms with Crippen LogP contribution in [0.1, 0.15) is 35.2 Å². The van der Waals surface area contributed by atoms with Crippen LogP contribution in [0.25, 0.3) is 0 Å². The summed E-state index contributed by atoms with van der Waals surface area (Å²) in [5.74, 6) is 6.71. The number of nitrogens with two attached hydrogens (primary N) is 1. The molecule has 0 radical (unpaired) electrons. The van der Waals surface area contributed by atoms with Crippen LogP contribution >= 0.6 is 0 Å². The molecule has 0 fully saturated rings. The van der Waals surface area contributed by atoms with Gasteiger partial charge in [0.1, 0.15) is 5.75 Å². The van der Waals surface area contributed by atoms with Crippen LogP contribution in [-0.4, -0.2) is 6.61 Å². The Balaban J connectivity index is 2.53. The van der Waals surface area contributed by atoms with Gasteiger partial charge in [0.15, 0.2) is 0 Å². The van der Waals surface area contributed by atoms with Crippen LogP contribution in [0.3, 0.4) is 0 Å². The molecule has 2 aromatic rings. The monoisotopic (exact) mass is 270 g/mol. The van der Waals surface area contributed by atoms with Gasteiger partial charge in [-0.1, -0.05) is 36.4 Å². The van der Waals surface area contributed by atoms with Gasteiger partial charge in [0, 0.05) is 5.56 Å². The minimum atomic E-state index is -0.0704. The Bertz CT molecular complexity index is 561. The highest BCUT2D eigenvalue weighted by molar-refractivity contribution is 5.46. The van der Waals surface area contributed by atoms with Gasteiger partial charge in [-0.2, -0.15) is 0 Å². The van der Waals surface area contributed by atoms with Crippen LogP contribution in [-0.2, 0) is 0 Å². The van der Waals surface area contributed by atoms with Crippen molar-refractivity contribution in [3.63, 3.8) is 0 Å². The number of para-hydroxylation sites is 1. The SMILES string of the molecule is CCOc1ccccc1C(NN)c1c(C)cccc1C. The fourth-order valence-corrected chi connectivity index (χ4v) is 2.62. The van der Waals surface area contributed by atoms with Crippen molar-refractivity contribution in [2.24, 2.45) is 5.84 Å². The van der Waals surface area contributed by atoms with Gasteiger partial charge in [0.2, 0.25) is 0 Å². The van der Waals surface area contributed by atoms with Gasteiger partial charge in [0.05, 0.1) is 12.6 Å². The van der Waals surface area contributed by atoms with Crippen molar-refractivity contribution in [2.75, 3.05) is 6.61 Å². The predicted octanol–water partition coefficient (Wildman–Crippen LogP) is 3.25. The van der Waals surface area contributed by atoms with E-state index in [2.05, 4.69) is 43.5 Å². The first-order valence-corrected chi connectivity index (χ1v) is 6.93. The van der Waals surface area contributed by atoms with Gasteiger partial charge in [0.25, 0.3) is 0 Å². The van der Waals surface area contributed by atoms with Crippen LogP contribution < -0.4 is 16.0 Å². The maximum absolute atomic E-state index is 5.83. The van der Waals surface area contributed by atoms with Crippen LogP contribution in [0.15, 0.2) is 42.5 Å². The predicted molar refractivity (Wildman–Crippen MR) is 82.7 cm³/mol. The largest absolute Gasteiger partial charge is 0.494 e. The lowest BCUT2D eigenvalue weighted by Crippen LogP contribution is -2.30. The molecule has 3 N–H and O–H groups in total. The van der Waals surface area contributed by atoms with Crippen LogP contribution in [0.5, 0.6) is 5.75 Å². The molecular weight excluding hydrogens is 248 g/mol. The standard InChI is InChI=1S/C17H22N2O/c1-4-20-15-11-6-5-10-14(15)17(19-18)16-12(2)8-7-9-13(16)3/h5-11,17,19H,4,18H2,1-3H3. The zero-order valence-electron chi connectivity index (χ0n) is 12.3. The molecule has 0 spiro atoms. The second-order valence-corrected chi connectivity index (χ2v) is 4.88. The first kappa shape index (κ1) is 14.6. The van der Waals surface area contributed by atoms with Crippen LogP contribution in [0.2, 0.25) is 0 Å². The molecule has 2 rings (SSSR count). The van der Waals surface area contributed by atoms with E-state index in [0.717, 1.165) is 11.3 Å². The molecule has 20 heavy (non-hydrogen) atoms. The van der Waals surface area contributed by atoms with E-state index in [-0.39, 0.29) is 6.04 Å². The van der Waals surface area contributed by atoms with E-state index in [1.807, 2.05) is 25.1 Å². The number of rotatable bonds is 5. The Morgan fingerprint density at radius 1 is 1.05 bits per heavy atom. The smallest absolute Gasteiger partial charge is 0.124 e. The van der Waals surface area contributed by atoms with Gasteiger partial charge in [-0.15, -0.1) is 0 Å². The number of ether oxygens (including phenoxy) is 1. The first-order chi connectivity index (χ1) is 9.69. The summed E-state index contributed by atoms with van der Waals surface area (Å²) < 4.78 is 5.73. The molecular formula is C17H22N2O. The average Bonchev–Trinajstić information content (AvgIpc) is 2.44. The van der Waals surface area contributed by atoms with Crippen molar-refractivity contribution in [2.45, 2.75) is 26.8 Å². The summed E-state index contributed by atoms with van der Waals surface area (Å²) in [6.45, 7) is 6.84. The molecule has 0 bridgehead atoms. The molecule has 106 valence electrons. The quantitative estimate of drug-likeness (QED) is 0.647. The average molecular weight is 270 g/mol. The van der Waals surface area contributed by atoms with Crippen LogP contribution in [0, 0.1) is 13.8 Å². The highest BCUT2D eigenvalue weighted by Gasteiger charge is 2.20. The van der Waals surface area contributed by atoms with Crippen molar-refractivity contribution in [1.29, 1.82) is 0 Å².